The molecule has 7 heteroatoms. The first-order valence-electron chi connectivity index (χ1n) is 10.4. The van der Waals surface area contributed by atoms with E-state index in [0.29, 0.717) is 34.4 Å². The minimum atomic E-state index is -0.328. The van der Waals surface area contributed by atoms with Crippen molar-refractivity contribution in [1.29, 1.82) is 0 Å². The lowest BCUT2D eigenvalue weighted by molar-refractivity contribution is 0.102. The molecule has 0 unspecified atom stereocenters. The number of hydrogen-bond donors (Lipinski definition) is 2. The Labute approximate surface area is 192 Å². The monoisotopic (exact) mass is 440 g/mol. The molecule has 33 heavy (non-hydrogen) atoms. The maximum atomic E-state index is 13.0. The molecule has 1 heterocycles. The van der Waals surface area contributed by atoms with Gasteiger partial charge >= 0.3 is 0 Å². The summed E-state index contributed by atoms with van der Waals surface area (Å²) in [4.78, 5) is 22.0. The molecule has 1 aromatic heterocycles. The summed E-state index contributed by atoms with van der Waals surface area (Å²) in [6.07, 6.45) is 0. The van der Waals surface area contributed by atoms with Crippen molar-refractivity contribution in [3.8, 4) is 22.8 Å². The first-order chi connectivity index (χ1) is 16.1. The number of anilines is 3. The third kappa shape index (κ3) is 5.10. The number of methoxy groups -OCH3 is 2. The van der Waals surface area contributed by atoms with Gasteiger partial charge < -0.3 is 20.1 Å². The van der Waals surface area contributed by atoms with E-state index in [2.05, 4.69) is 20.6 Å². The van der Waals surface area contributed by atoms with Crippen LogP contribution in [0.15, 0.2) is 78.9 Å². The number of ether oxygens (including phenoxy) is 2. The summed E-state index contributed by atoms with van der Waals surface area (Å²) in [5.74, 6) is 1.87. The van der Waals surface area contributed by atoms with Gasteiger partial charge in [-0.1, -0.05) is 42.5 Å². The predicted octanol–water partition coefficient (Wildman–Crippen LogP) is 5.47. The van der Waals surface area contributed by atoms with E-state index < -0.39 is 0 Å². The van der Waals surface area contributed by atoms with Crippen LogP contribution in [0.4, 0.5) is 17.2 Å². The molecule has 0 radical (unpaired) electrons. The maximum Gasteiger partial charge on any atom is 0.263 e. The van der Waals surface area contributed by atoms with Gasteiger partial charge in [0.2, 0.25) is 0 Å². The second-order valence-corrected chi connectivity index (χ2v) is 7.25. The van der Waals surface area contributed by atoms with Gasteiger partial charge in [-0.3, -0.25) is 4.79 Å². The zero-order valence-electron chi connectivity index (χ0n) is 18.6. The summed E-state index contributed by atoms with van der Waals surface area (Å²) in [6, 6.07) is 24.4. The Kier molecular flexibility index (Phi) is 6.50. The van der Waals surface area contributed by atoms with Gasteiger partial charge in [0.05, 0.1) is 19.9 Å². The van der Waals surface area contributed by atoms with Crippen LogP contribution in [-0.2, 0) is 0 Å². The Morgan fingerprint density at radius 2 is 1.45 bits per heavy atom. The lowest BCUT2D eigenvalue weighted by Crippen LogP contribution is -2.14. The van der Waals surface area contributed by atoms with E-state index >= 15 is 0 Å². The van der Waals surface area contributed by atoms with Crippen molar-refractivity contribution < 1.29 is 14.3 Å². The molecule has 0 aliphatic heterocycles. The molecule has 0 bridgehead atoms. The molecule has 4 rings (SSSR count). The first-order valence-corrected chi connectivity index (χ1v) is 10.4. The average molecular weight is 441 g/mol. The van der Waals surface area contributed by atoms with Crippen LogP contribution in [0.2, 0.25) is 0 Å². The van der Waals surface area contributed by atoms with Crippen molar-refractivity contribution in [2.75, 3.05) is 24.9 Å². The molecule has 0 atom stereocenters. The molecule has 3 aromatic carbocycles. The largest absolute Gasteiger partial charge is 0.496 e. The highest BCUT2D eigenvalue weighted by Crippen LogP contribution is 2.30. The van der Waals surface area contributed by atoms with Crippen LogP contribution in [0.25, 0.3) is 11.3 Å². The smallest absolute Gasteiger partial charge is 0.263 e. The number of nitrogens with one attached hydrogen (secondary N) is 2. The Balaban J connectivity index is 1.56. The highest BCUT2D eigenvalue weighted by Gasteiger charge is 2.18. The molecule has 2 N–H and O–H groups in total. The van der Waals surface area contributed by atoms with E-state index in [1.807, 2.05) is 67.6 Å². The topological polar surface area (TPSA) is 85.4 Å². The minimum absolute atomic E-state index is 0.328. The van der Waals surface area contributed by atoms with Gasteiger partial charge in [-0.05, 0) is 37.3 Å². The number of carbonyl (C=O) groups is 1. The highest BCUT2D eigenvalue weighted by molar-refractivity contribution is 6.08. The summed E-state index contributed by atoms with van der Waals surface area (Å²) in [7, 11) is 3.03. The van der Waals surface area contributed by atoms with Gasteiger partial charge in [-0.15, -0.1) is 0 Å². The van der Waals surface area contributed by atoms with Crippen LogP contribution in [-0.4, -0.2) is 30.1 Å². The zero-order valence-corrected chi connectivity index (χ0v) is 18.6. The van der Waals surface area contributed by atoms with Crippen molar-refractivity contribution in [3.63, 3.8) is 0 Å². The molecule has 7 nitrogen and oxygen atoms in total. The number of benzene rings is 3. The van der Waals surface area contributed by atoms with Crippen molar-refractivity contribution in [2.24, 2.45) is 0 Å². The molecule has 0 fully saturated rings. The van der Waals surface area contributed by atoms with Crippen LogP contribution >= 0.6 is 0 Å². The predicted molar refractivity (Wildman–Crippen MR) is 129 cm³/mol. The minimum Gasteiger partial charge on any atom is -0.496 e. The zero-order chi connectivity index (χ0) is 23.2. The van der Waals surface area contributed by atoms with Crippen molar-refractivity contribution in [1.82, 2.24) is 9.97 Å². The highest BCUT2D eigenvalue weighted by atomic mass is 16.5. The van der Waals surface area contributed by atoms with Crippen LogP contribution in [0.1, 0.15) is 16.2 Å². The first kappa shape index (κ1) is 21.8. The lowest BCUT2D eigenvalue weighted by atomic mass is 10.1. The summed E-state index contributed by atoms with van der Waals surface area (Å²) in [5, 5.41) is 6.21. The SMILES string of the molecule is COc1cccc(OC)c1C(=O)Nc1cccc(Nc2cc(-c3ccccc3)nc(C)n2)c1. The van der Waals surface area contributed by atoms with Crippen LogP contribution in [0.5, 0.6) is 11.5 Å². The number of rotatable bonds is 7. The van der Waals surface area contributed by atoms with Gasteiger partial charge in [0.1, 0.15) is 28.7 Å². The fourth-order valence-corrected chi connectivity index (χ4v) is 3.48. The van der Waals surface area contributed by atoms with E-state index in [-0.39, 0.29) is 5.91 Å². The summed E-state index contributed by atoms with van der Waals surface area (Å²) in [6.45, 7) is 1.86. The molecule has 0 saturated carbocycles. The molecule has 166 valence electrons. The van der Waals surface area contributed by atoms with Crippen LogP contribution in [0.3, 0.4) is 0 Å². The van der Waals surface area contributed by atoms with Crippen LogP contribution < -0.4 is 20.1 Å². The Bertz CT molecular complexity index is 1250. The molecule has 4 aromatic rings. The van der Waals surface area contributed by atoms with Crippen LogP contribution in [0, 0.1) is 6.92 Å². The molecule has 1 amide bonds. The quantitative estimate of drug-likeness (QED) is 0.397. The second-order valence-electron chi connectivity index (χ2n) is 7.25. The van der Waals surface area contributed by atoms with Crippen molar-refractivity contribution >= 4 is 23.1 Å². The number of aryl methyl sites for hydroxylation is 1. The number of hydrogen-bond acceptors (Lipinski definition) is 6. The van der Waals surface area contributed by atoms with E-state index in [1.54, 1.807) is 18.2 Å². The normalized spacial score (nSPS) is 10.4. The standard InChI is InChI=1S/C26H24N4O3/c1-17-27-21(18-9-5-4-6-10-18)16-24(28-17)29-19-11-7-12-20(15-19)30-26(31)25-22(32-2)13-8-14-23(25)33-3/h4-16H,1-3H3,(H,30,31)(H,27,28,29). The molecule has 0 saturated heterocycles. The van der Waals surface area contributed by atoms with Gasteiger partial charge in [0, 0.05) is 23.0 Å². The van der Waals surface area contributed by atoms with Gasteiger partial charge in [-0.2, -0.15) is 0 Å². The Hall–Kier alpha value is -4.39. The summed E-state index contributed by atoms with van der Waals surface area (Å²) >= 11 is 0. The van der Waals surface area contributed by atoms with Crippen molar-refractivity contribution in [3.05, 3.63) is 90.3 Å². The van der Waals surface area contributed by atoms with E-state index in [1.165, 1.54) is 14.2 Å². The number of nitrogens with zero attached hydrogens (tertiary/aromatic N) is 2. The second kappa shape index (κ2) is 9.82. The third-order valence-corrected chi connectivity index (χ3v) is 4.96. The molecule has 0 aliphatic carbocycles. The lowest BCUT2D eigenvalue weighted by Gasteiger charge is -2.14. The van der Waals surface area contributed by atoms with Crippen molar-refractivity contribution in [2.45, 2.75) is 6.92 Å². The van der Waals surface area contributed by atoms with E-state index in [9.17, 15) is 4.79 Å². The Morgan fingerprint density at radius 1 is 0.788 bits per heavy atom. The Morgan fingerprint density at radius 3 is 2.15 bits per heavy atom. The number of amides is 1. The number of carbonyl (C=O) groups excluding carboxylic acids is 1. The van der Waals surface area contributed by atoms with E-state index in [4.69, 9.17) is 9.47 Å². The fourth-order valence-electron chi connectivity index (χ4n) is 3.48. The number of aromatic nitrogens is 2. The van der Waals surface area contributed by atoms with Gasteiger partial charge in [0.25, 0.3) is 5.91 Å². The maximum absolute atomic E-state index is 13.0. The van der Waals surface area contributed by atoms with Gasteiger partial charge in [0.15, 0.2) is 0 Å². The van der Waals surface area contributed by atoms with Gasteiger partial charge in [-0.25, -0.2) is 9.97 Å². The molecule has 0 spiro atoms. The fraction of sp³-hybridized carbons (Fsp3) is 0.115. The van der Waals surface area contributed by atoms with E-state index in [0.717, 1.165) is 16.9 Å². The molecule has 0 aliphatic rings. The average Bonchev–Trinajstić information content (AvgIpc) is 2.83. The summed E-state index contributed by atoms with van der Waals surface area (Å²) < 4.78 is 10.7. The molecular weight excluding hydrogens is 416 g/mol. The molecular formula is C26H24N4O3. The summed E-state index contributed by atoms with van der Waals surface area (Å²) in [5.41, 5.74) is 3.57. The third-order valence-electron chi connectivity index (χ3n) is 4.96.